The molecule has 0 bridgehead atoms. The molecule has 7 heteroatoms. The lowest BCUT2D eigenvalue weighted by Crippen LogP contribution is -2.41. The van der Waals surface area contributed by atoms with Crippen molar-refractivity contribution < 1.29 is 5.21 Å². The second-order valence-corrected chi connectivity index (χ2v) is 8.86. The molecule has 0 aliphatic heterocycles. The van der Waals surface area contributed by atoms with Crippen LogP contribution in [0.2, 0.25) is 0 Å². The zero-order valence-corrected chi connectivity index (χ0v) is 18.7. The monoisotopic (exact) mass is 430 g/mol. The van der Waals surface area contributed by atoms with E-state index in [1.807, 2.05) is 24.3 Å². The molecule has 0 saturated heterocycles. The van der Waals surface area contributed by atoms with Crippen LogP contribution in [0.25, 0.3) is 10.9 Å². The predicted octanol–water partition coefficient (Wildman–Crippen LogP) is 3.95. The Bertz CT molecular complexity index is 1120. The molecule has 2 saturated carbocycles. The first kappa shape index (κ1) is 22.0. The first-order valence-corrected chi connectivity index (χ1v) is 11.3. The number of hydrazine groups is 1. The van der Waals surface area contributed by atoms with Gasteiger partial charge in [-0.25, -0.2) is 5.43 Å². The fourth-order valence-electron chi connectivity index (χ4n) is 4.16. The molecule has 0 radical (unpaired) electrons. The van der Waals surface area contributed by atoms with Crippen LogP contribution in [-0.4, -0.2) is 28.0 Å². The van der Waals surface area contributed by atoms with Gasteiger partial charge in [-0.05, 0) is 62.7 Å². The van der Waals surface area contributed by atoms with Crippen LogP contribution in [0, 0.1) is 34.5 Å². The molecule has 2 aliphatic rings. The summed E-state index contributed by atoms with van der Waals surface area (Å²) >= 11 is 0. The van der Waals surface area contributed by atoms with E-state index in [9.17, 15) is 15.7 Å². The smallest absolute Gasteiger partial charge is 0.102 e. The van der Waals surface area contributed by atoms with E-state index in [2.05, 4.69) is 34.4 Å². The van der Waals surface area contributed by atoms with Gasteiger partial charge >= 0.3 is 0 Å². The maximum Gasteiger partial charge on any atom is 0.102 e. The third kappa shape index (κ3) is 4.80. The largest absolute Gasteiger partial charge is 0.392 e. The number of nitriles is 2. The van der Waals surface area contributed by atoms with Crippen molar-refractivity contribution in [3.8, 4) is 12.1 Å². The van der Waals surface area contributed by atoms with E-state index in [1.54, 1.807) is 19.3 Å². The van der Waals surface area contributed by atoms with Gasteiger partial charge in [0.05, 0.1) is 28.4 Å². The van der Waals surface area contributed by atoms with Gasteiger partial charge in [0.15, 0.2) is 0 Å². The van der Waals surface area contributed by atoms with Crippen LogP contribution >= 0.6 is 0 Å². The van der Waals surface area contributed by atoms with Gasteiger partial charge in [0.1, 0.15) is 6.07 Å². The van der Waals surface area contributed by atoms with E-state index < -0.39 is 0 Å². The highest BCUT2D eigenvalue weighted by molar-refractivity contribution is 5.89. The number of hydrogen-bond acceptors (Lipinski definition) is 6. The summed E-state index contributed by atoms with van der Waals surface area (Å²) in [5.41, 5.74) is 6.88. The van der Waals surface area contributed by atoms with Crippen molar-refractivity contribution in [3.05, 3.63) is 59.1 Å². The Hall–Kier alpha value is -3.26. The zero-order chi connectivity index (χ0) is 22.7. The van der Waals surface area contributed by atoms with Gasteiger partial charge in [0.2, 0.25) is 0 Å². The van der Waals surface area contributed by atoms with E-state index >= 15 is 0 Å². The minimum Gasteiger partial charge on any atom is -0.392 e. The van der Waals surface area contributed by atoms with Crippen LogP contribution in [0.4, 0.5) is 0 Å². The second kappa shape index (κ2) is 9.48. The molecule has 1 aromatic heterocycles. The summed E-state index contributed by atoms with van der Waals surface area (Å²) in [6, 6.07) is 10.3. The normalized spacial score (nSPS) is 17.3. The summed E-state index contributed by atoms with van der Waals surface area (Å²) in [5, 5.41) is 34.7. The van der Waals surface area contributed by atoms with E-state index in [1.165, 1.54) is 25.7 Å². The van der Waals surface area contributed by atoms with Crippen molar-refractivity contribution in [2.24, 2.45) is 11.8 Å². The lowest BCUT2D eigenvalue weighted by Gasteiger charge is -2.23. The molecule has 0 unspecified atom stereocenters. The average Bonchev–Trinajstić information content (AvgIpc) is 3.71. The standard InChI is InChI=1S/C25H30N6O/c1-17(20-9-10-20)29-31(32)21(15-28-2)4-3-5-24-23(14-27)22-11-8-19(13-26)12-25(22)30(24)16-18-6-7-18/h3-4,8,11-12,15,17-18,20,28-29,32H,5-7,9-10,16H2,1-2H3/b4-3-,21-15+/t17-/m0/s1. The number of nitrogens with one attached hydrogen (secondary N) is 2. The van der Waals surface area contributed by atoms with Crippen molar-refractivity contribution >= 4 is 10.9 Å². The Balaban J connectivity index is 1.60. The van der Waals surface area contributed by atoms with E-state index in [0.717, 1.165) is 28.3 Å². The molecule has 2 aromatic rings. The maximum atomic E-state index is 10.5. The highest BCUT2D eigenvalue weighted by atomic mass is 16.5. The lowest BCUT2D eigenvalue weighted by molar-refractivity contribution is -0.110. The van der Waals surface area contributed by atoms with Gasteiger partial charge in [-0.1, -0.05) is 12.1 Å². The van der Waals surface area contributed by atoms with Crippen LogP contribution in [0.15, 0.2) is 42.2 Å². The second-order valence-electron chi connectivity index (χ2n) is 8.86. The SMILES string of the molecule is CN/C=C(\C=C/Cc1c(C#N)c2ccc(C#N)cc2n1CC1CC1)N(O)N[C@@H](C)C1CC1. The number of hydroxylamine groups is 1. The molecule has 1 heterocycles. The molecule has 7 nitrogen and oxygen atoms in total. The van der Waals surface area contributed by atoms with Crippen molar-refractivity contribution in [2.45, 2.75) is 51.6 Å². The van der Waals surface area contributed by atoms with Gasteiger partial charge in [0, 0.05) is 43.3 Å². The molecule has 1 atom stereocenters. The molecule has 3 N–H and O–H groups in total. The summed E-state index contributed by atoms with van der Waals surface area (Å²) < 4.78 is 2.21. The Morgan fingerprint density at radius 1 is 1.28 bits per heavy atom. The summed E-state index contributed by atoms with van der Waals surface area (Å²) in [6.45, 7) is 2.94. The van der Waals surface area contributed by atoms with Crippen LogP contribution in [0.1, 0.15) is 49.4 Å². The minimum absolute atomic E-state index is 0.203. The molecular weight excluding hydrogens is 400 g/mol. The number of fused-ring (bicyclic) bond motifs is 1. The third-order valence-corrected chi connectivity index (χ3v) is 6.34. The Kier molecular flexibility index (Phi) is 6.50. The average molecular weight is 431 g/mol. The highest BCUT2D eigenvalue weighted by Gasteiger charge is 2.29. The minimum atomic E-state index is 0.203. The highest BCUT2D eigenvalue weighted by Crippen LogP contribution is 2.35. The first-order valence-electron chi connectivity index (χ1n) is 11.3. The van der Waals surface area contributed by atoms with Gasteiger partial charge < -0.3 is 9.88 Å². The number of nitrogens with zero attached hydrogens (tertiary/aromatic N) is 4. The fourth-order valence-corrected chi connectivity index (χ4v) is 4.16. The summed E-state index contributed by atoms with van der Waals surface area (Å²) in [4.78, 5) is 0. The van der Waals surface area contributed by atoms with Crippen molar-refractivity contribution in [2.75, 3.05) is 7.05 Å². The fraction of sp³-hybridized carbons (Fsp3) is 0.440. The Morgan fingerprint density at radius 3 is 2.69 bits per heavy atom. The number of rotatable bonds is 10. The lowest BCUT2D eigenvalue weighted by atomic mass is 10.1. The van der Waals surface area contributed by atoms with Crippen LogP contribution in [0.3, 0.4) is 0 Å². The zero-order valence-electron chi connectivity index (χ0n) is 18.7. The number of allylic oxidation sites excluding steroid dienone is 2. The van der Waals surface area contributed by atoms with Gasteiger partial charge in [0.25, 0.3) is 0 Å². The summed E-state index contributed by atoms with van der Waals surface area (Å²) in [6.07, 6.45) is 10.9. The van der Waals surface area contributed by atoms with Crippen LogP contribution < -0.4 is 10.7 Å². The van der Waals surface area contributed by atoms with Gasteiger partial charge in [-0.3, -0.25) is 5.21 Å². The van der Waals surface area contributed by atoms with Crippen molar-refractivity contribution in [1.29, 1.82) is 10.5 Å². The van der Waals surface area contributed by atoms with E-state index in [4.69, 9.17) is 0 Å². The van der Waals surface area contributed by atoms with Crippen LogP contribution in [0.5, 0.6) is 0 Å². The molecule has 2 fully saturated rings. The molecule has 1 aromatic carbocycles. The molecular formula is C25H30N6O. The molecule has 2 aliphatic carbocycles. The maximum absolute atomic E-state index is 10.5. The molecule has 166 valence electrons. The third-order valence-electron chi connectivity index (χ3n) is 6.34. The van der Waals surface area contributed by atoms with E-state index in [0.29, 0.717) is 35.1 Å². The number of hydrogen-bond donors (Lipinski definition) is 3. The molecule has 32 heavy (non-hydrogen) atoms. The van der Waals surface area contributed by atoms with Gasteiger partial charge in [-0.15, -0.1) is 0 Å². The van der Waals surface area contributed by atoms with Crippen molar-refractivity contribution in [1.82, 2.24) is 20.5 Å². The van der Waals surface area contributed by atoms with E-state index in [-0.39, 0.29) is 6.04 Å². The Morgan fingerprint density at radius 2 is 2.06 bits per heavy atom. The molecule has 0 spiro atoms. The predicted molar refractivity (Wildman–Crippen MR) is 123 cm³/mol. The number of aromatic nitrogens is 1. The van der Waals surface area contributed by atoms with Crippen LogP contribution in [-0.2, 0) is 13.0 Å². The van der Waals surface area contributed by atoms with Gasteiger partial charge in [-0.2, -0.15) is 15.7 Å². The molecule has 4 rings (SSSR count). The number of benzene rings is 1. The molecule has 0 amide bonds. The Labute approximate surface area is 189 Å². The van der Waals surface area contributed by atoms with Crippen molar-refractivity contribution in [3.63, 3.8) is 0 Å². The first-order chi connectivity index (χ1) is 15.5. The summed E-state index contributed by atoms with van der Waals surface area (Å²) in [7, 11) is 1.79. The summed E-state index contributed by atoms with van der Waals surface area (Å²) in [5.74, 6) is 1.24. The topological polar surface area (TPSA) is 100 Å². The quantitative estimate of drug-likeness (QED) is 0.390.